The molecule has 0 atom stereocenters. The highest BCUT2D eigenvalue weighted by Gasteiger charge is 2.14. The number of rotatable bonds is 4. The number of carbonyl (C=O) groups is 2. The van der Waals surface area contributed by atoms with Crippen molar-refractivity contribution >= 4 is 34.8 Å². The van der Waals surface area contributed by atoms with Gasteiger partial charge in [0.1, 0.15) is 5.69 Å². The molecule has 0 radical (unpaired) electrons. The number of aryl methyl sites for hydroxylation is 2. The minimum Gasteiger partial charge on any atom is -0.321 e. The van der Waals surface area contributed by atoms with E-state index in [1.165, 1.54) is 12.3 Å². The standard InChI is InChI=1S/C21H18ClN3O2/c1-13-7-8-14(2)18(11-13)25-21(27)19-12-15(9-10-23-19)20(26)24-17-6-4-3-5-16(17)22/h3-12H,1-2H3,(H,24,26)(H,25,27). The minimum absolute atomic E-state index is 0.155. The number of nitrogens with zero attached hydrogens (tertiary/aromatic N) is 1. The van der Waals surface area contributed by atoms with Crippen molar-refractivity contribution in [2.45, 2.75) is 13.8 Å². The molecule has 0 spiro atoms. The van der Waals surface area contributed by atoms with Gasteiger partial charge < -0.3 is 10.6 Å². The first kappa shape index (κ1) is 18.6. The Labute approximate surface area is 162 Å². The molecular formula is C21H18ClN3O2. The molecule has 0 saturated heterocycles. The predicted molar refractivity (Wildman–Crippen MR) is 108 cm³/mol. The third-order valence-corrected chi connectivity index (χ3v) is 4.35. The van der Waals surface area contributed by atoms with Crippen molar-refractivity contribution in [2.75, 3.05) is 10.6 Å². The summed E-state index contributed by atoms with van der Waals surface area (Å²) in [7, 11) is 0. The van der Waals surface area contributed by atoms with Crippen molar-refractivity contribution in [3.63, 3.8) is 0 Å². The summed E-state index contributed by atoms with van der Waals surface area (Å²) in [5, 5.41) is 6.00. The fourth-order valence-electron chi connectivity index (χ4n) is 2.51. The summed E-state index contributed by atoms with van der Waals surface area (Å²) >= 11 is 6.06. The van der Waals surface area contributed by atoms with Crippen LogP contribution in [0.4, 0.5) is 11.4 Å². The molecule has 5 nitrogen and oxygen atoms in total. The number of anilines is 2. The number of benzene rings is 2. The predicted octanol–water partition coefficient (Wildman–Crippen LogP) is 4.86. The number of amides is 2. The first-order chi connectivity index (χ1) is 12.9. The van der Waals surface area contributed by atoms with Crippen LogP contribution in [-0.4, -0.2) is 16.8 Å². The maximum Gasteiger partial charge on any atom is 0.274 e. The van der Waals surface area contributed by atoms with Crippen molar-refractivity contribution in [1.29, 1.82) is 0 Å². The van der Waals surface area contributed by atoms with Crippen molar-refractivity contribution in [3.05, 3.63) is 88.2 Å². The Morgan fingerprint density at radius 1 is 0.889 bits per heavy atom. The summed E-state index contributed by atoms with van der Waals surface area (Å²) in [5.74, 6) is -0.748. The zero-order chi connectivity index (χ0) is 19.4. The molecule has 0 aliphatic rings. The Morgan fingerprint density at radius 2 is 1.63 bits per heavy atom. The summed E-state index contributed by atoms with van der Waals surface area (Å²) < 4.78 is 0. The van der Waals surface area contributed by atoms with Gasteiger partial charge in [0, 0.05) is 17.4 Å². The van der Waals surface area contributed by atoms with Crippen LogP contribution in [0, 0.1) is 13.8 Å². The molecule has 3 rings (SSSR count). The van der Waals surface area contributed by atoms with E-state index in [1.54, 1.807) is 30.3 Å². The first-order valence-electron chi connectivity index (χ1n) is 8.34. The molecule has 2 amide bonds. The zero-order valence-corrected chi connectivity index (χ0v) is 15.7. The monoisotopic (exact) mass is 379 g/mol. The van der Waals surface area contributed by atoms with Crippen LogP contribution in [0.1, 0.15) is 32.0 Å². The molecule has 0 saturated carbocycles. The Kier molecular flexibility index (Phi) is 5.52. The molecule has 0 bridgehead atoms. The van der Waals surface area contributed by atoms with Gasteiger partial charge in [-0.3, -0.25) is 14.6 Å². The zero-order valence-electron chi connectivity index (χ0n) is 14.9. The van der Waals surface area contributed by atoms with Gasteiger partial charge in [0.05, 0.1) is 10.7 Å². The van der Waals surface area contributed by atoms with Crippen LogP contribution in [0.15, 0.2) is 60.8 Å². The summed E-state index contributed by atoms with van der Waals surface area (Å²) in [5.41, 5.74) is 3.67. The maximum absolute atomic E-state index is 12.5. The average molecular weight is 380 g/mol. The van der Waals surface area contributed by atoms with E-state index in [2.05, 4.69) is 15.6 Å². The van der Waals surface area contributed by atoms with E-state index in [1.807, 2.05) is 32.0 Å². The highest BCUT2D eigenvalue weighted by Crippen LogP contribution is 2.21. The second kappa shape index (κ2) is 8.01. The topological polar surface area (TPSA) is 71.1 Å². The van der Waals surface area contributed by atoms with Crippen LogP contribution in [0.2, 0.25) is 5.02 Å². The molecule has 27 heavy (non-hydrogen) atoms. The van der Waals surface area contributed by atoms with Gasteiger partial charge in [0.2, 0.25) is 0 Å². The maximum atomic E-state index is 12.5. The van der Waals surface area contributed by atoms with Crippen LogP contribution < -0.4 is 10.6 Å². The van der Waals surface area contributed by atoms with Crippen molar-refractivity contribution < 1.29 is 9.59 Å². The molecule has 136 valence electrons. The number of carbonyl (C=O) groups excluding carboxylic acids is 2. The van der Waals surface area contributed by atoms with Gasteiger partial charge in [-0.05, 0) is 55.3 Å². The highest BCUT2D eigenvalue weighted by atomic mass is 35.5. The fourth-order valence-corrected chi connectivity index (χ4v) is 2.69. The number of halogens is 1. The second-order valence-electron chi connectivity index (χ2n) is 6.14. The first-order valence-corrected chi connectivity index (χ1v) is 8.72. The number of pyridine rings is 1. The van der Waals surface area contributed by atoms with Gasteiger partial charge in [0.15, 0.2) is 0 Å². The van der Waals surface area contributed by atoms with Gasteiger partial charge >= 0.3 is 0 Å². The molecule has 3 aromatic rings. The van der Waals surface area contributed by atoms with E-state index in [0.29, 0.717) is 22.0 Å². The molecule has 0 aliphatic heterocycles. The van der Waals surface area contributed by atoms with Crippen LogP contribution in [0.3, 0.4) is 0 Å². The van der Waals surface area contributed by atoms with Gasteiger partial charge in [0.25, 0.3) is 11.8 Å². The number of hydrogen-bond acceptors (Lipinski definition) is 3. The highest BCUT2D eigenvalue weighted by molar-refractivity contribution is 6.33. The van der Waals surface area contributed by atoms with Gasteiger partial charge in [-0.25, -0.2) is 0 Å². The summed E-state index contributed by atoms with van der Waals surface area (Å²) in [6, 6.07) is 15.7. The Morgan fingerprint density at radius 3 is 2.41 bits per heavy atom. The third kappa shape index (κ3) is 4.51. The third-order valence-electron chi connectivity index (χ3n) is 4.02. The number of nitrogens with one attached hydrogen (secondary N) is 2. The number of para-hydroxylation sites is 1. The van der Waals surface area contributed by atoms with Crippen LogP contribution in [0.5, 0.6) is 0 Å². The molecular weight excluding hydrogens is 362 g/mol. The van der Waals surface area contributed by atoms with Crippen LogP contribution in [0.25, 0.3) is 0 Å². The quantitative estimate of drug-likeness (QED) is 0.680. The van der Waals surface area contributed by atoms with Crippen molar-refractivity contribution in [3.8, 4) is 0 Å². The molecule has 0 unspecified atom stereocenters. The Hall–Kier alpha value is -3.18. The normalized spacial score (nSPS) is 10.3. The molecule has 6 heteroatoms. The van der Waals surface area contributed by atoms with Gasteiger partial charge in [-0.1, -0.05) is 35.9 Å². The fraction of sp³-hybridized carbons (Fsp3) is 0.0952. The largest absolute Gasteiger partial charge is 0.321 e. The van der Waals surface area contributed by atoms with Crippen LogP contribution in [-0.2, 0) is 0 Å². The summed E-state index contributed by atoms with van der Waals surface area (Å²) in [4.78, 5) is 29.1. The molecule has 2 N–H and O–H groups in total. The number of aromatic nitrogens is 1. The van der Waals surface area contributed by atoms with E-state index >= 15 is 0 Å². The molecule has 2 aromatic carbocycles. The SMILES string of the molecule is Cc1ccc(C)c(NC(=O)c2cc(C(=O)Nc3ccccc3Cl)ccn2)c1. The average Bonchev–Trinajstić information content (AvgIpc) is 2.66. The minimum atomic E-state index is -0.379. The van der Waals surface area contributed by atoms with E-state index < -0.39 is 0 Å². The lowest BCUT2D eigenvalue weighted by Gasteiger charge is -2.10. The van der Waals surface area contributed by atoms with E-state index in [9.17, 15) is 9.59 Å². The number of hydrogen-bond donors (Lipinski definition) is 2. The molecule has 1 aromatic heterocycles. The molecule has 1 heterocycles. The lowest BCUT2D eigenvalue weighted by molar-refractivity contribution is 0.102. The smallest absolute Gasteiger partial charge is 0.274 e. The van der Waals surface area contributed by atoms with Crippen LogP contribution >= 0.6 is 11.6 Å². The molecule has 0 aliphatic carbocycles. The van der Waals surface area contributed by atoms with Gasteiger partial charge in [-0.15, -0.1) is 0 Å². The van der Waals surface area contributed by atoms with Crippen molar-refractivity contribution in [1.82, 2.24) is 4.98 Å². The Bertz CT molecular complexity index is 1020. The van der Waals surface area contributed by atoms with E-state index in [0.717, 1.165) is 11.1 Å². The Balaban J connectivity index is 1.78. The van der Waals surface area contributed by atoms with Gasteiger partial charge in [-0.2, -0.15) is 0 Å². The summed E-state index contributed by atoms with van der Waals surface area (Å²) in [6.07, 6.45) is 1.43. The molecule has 0 fully saturated rings. The lowest BCUT2D eigenvalue weighted by Crippen LogP contribution is -2.17. The second-order valence-corrected chi connectivity index (χ2v) is 6.54. The summed E-state index contributed by atoms with van der Waals surface area (Å²) in [6.45, 7) is 3.86. The van der Waals surface area contributed by atoms with E-state index in [-0.39, 0.29) is 17.5 Å². The van der Waals surface area contributed by atoms with Crippen molar-refractivity contribution in [2.24, 2.45) is 0 Å². The lowest BCUT2D eigenvalue weighted by atomic mass is 10.1. The van der Waals surface area contributed by atoms with E-state index in [4.69, 9.17) is 11.6 Å².